The summed E-state index contributed by atoms with van der Waals surface area (Å²) in [5, 5.41) is 6.57. The number of benzene rings is 7. The first kappa shape index (κ1) is 23.9. The summed E-state index contributed by atoms with van der Waals surface area (Å²) in [7, 11) is 0. The third-order valence-corrected chi connectivity index (χ3v) is 8.44. The zero-order valence-electron chi connectivity index (χ0n) is 23.2. The molecule has 3 heteroatoms. The monoisotopic (exact) mass is 551 g/mol. The van der Waals surface area contributed by atoms with Crippen LogP contribution in [-0.2, 0) is 0 Å². The summed E-state index contributed by atoms with van der Waals surface area (Å²) in [5.74, 6) is 0. The smallest absolute Gasteiger partial charge is 0.159 e. The van der Waals surface area contributed by atoms with Crippen LogP contribution >= 0.6 is 0 Å². The van der Waals surface area contributed by atoms with Gasteiger partial charge in [0.15, 0.2) is 5.58 Å². The molecule has 0 N–H and O–H groups in total. The van der Waals surface area contributed by atoms with Crippen LogP contribution in [0, 0.1) is 0 Å². The summed E-state index contributed by atoms with van der Waals surface area (Å²) in [4.78, 5) is 2.35. The van der Waals surface area contributed by atoms with Crippen LogP contribution in [-0.4, -0.2) is 0 Å². The van der Waals surface area contributed by atoms with Crippen LogP contribution in [0.5, 0.6) is 0 Å². The van der Waals surface area contributed by atoms with E-state index >= 15 is 0 Å². The van der Waals surface area contributed by atoms with Crippen molar-refractivity contribution in [1.82, 2.24) is 0 Å². The minimum atomic E-state index is 0.857. The SMILES string of the molecule is c1ccc(-c2cccc(N(c3cc4c5ccccc5oc4c4ccccc34)c3cccc4c3oc3ccccc34)c2)cc1. The van der Waals surface area contributed by atoms with Gasteiger partial charge in [-0.1, -0.05) is 115 Å². The van der Waals surface area contributed by atoms with Crippen LogP contribution < -0.4 is 4.90 Å². The fourth-order valence-electron chi connectivity index (χ4n) is 6.48. The highest BCUT2D eigenvalue weighted by Crippen LogP contribution is 2.47. The molecule has 0 saturated carbocycles. The second-order valence-corrected chi connectivity index (χ2v) is 10.9. The Morgan fingerprint density at radius 2 is 0.907 bits per heavy atom. The Morgan fingerprint density at radius 3 is 1.70 bits per heavy atom. The van der Waals surface area contributed by atoms with Crippen molar-refractivity contribution in [1.29, 1.82) is 0 Å². The molecule has 2 aromatic heterocycles. The summed E-state index contributed by atoms with van der Waals surface area (Å²) in [6.07, 6.45) is 0. The molecule has 0 aliphatic heterocycles. The summed E-state index contributed by atoms with van der Waals surface area (Å²) in [6.45, 7) is 0. The summed E-state index contributed by atoms with van der Waals surface area (Å²) >= 11 is 0. The molecule has 0 bridgehead atoms. The van der Waals surface area contributed by atoms with Gasteiger partial charge in [0.05, 0.1) is 11.4 Å². The molecule has 0 aliphatic carbocycles. The minimum Gasteiger partial charge on any atom is -0.455 e. The maximum Gasteiger partial charge on any atom is 0.159 e. The van der Waals surface area contributed by atoms with Gasteiger partial charge < -0.3 is 13.7 Å². The van der Waals surface area contributed by atoms with E-state index in [-0.39, 0.29) is 0 Å². The van der Waals surface area contributed by atoms with Crippen LogP contribution in [0.3, 0.4) is 0 Å². The number of fused-ring (bicyclic) bond motifs is 8. The fraction of sp³-hybridized carbons (Fsp3) is 0. The molecule has 0 atom stereocenters. The highest BCUT2D eigenvalue weighted by molar-refractivity contribution is 6.20. The van der Waals surface area contributed by atoms with Gasteiger partial charge in [0.1, 0.15) is 16.7 Å². The lowest BCUT2D eigenvalue weighted by Crippen LogP contribution is -2.11. The average Bonchev–Trinajstić information content (AvgIpc) is 3.65. The second kappa shape index (κ2) is 9.37. The molecule has 7 aromatic carbocycles. The van der Waals surface area contributed by atoms with Gasteiger partial charge in [0, 0.05) is 38.0 Å². The number of rotatable bonds is 4. The van der Waals surface area contributed by atoms with Crippen LogP contribution in [0.15, 0.2) is 160 Å². The van der Waals surface area contributed by atoms with E-state index in [1.165, 1.54) is 5.56 Å². The molecule has 9 rings (SSSR count). The lowest BCUT2D eigenvalue weighted by atomic mass is 10.0. The molecule has 0 aliphatic rings. The zero-order chi connectivity index (χ0) is 28.3. The van der Waals surface area contributed by atoms with Crippen molar-refractivity contribution in [3.63, 3.8) is 0 Å². The number of nitrogens with zero attached hydrogens (tertiary/aromatic N) is 1. The Hall–Kier alpha value is -5.80. The molecule has 0 amide bonds. The summed E-state index contributed by atoms with van der Waals surface area (Å²) < 4.78 is 13.1. The molecule has 43 heavy (non-hydrogen) atoms. The van der Waals surface area contributed by atoms with Crippen molar-refractivity contribution < 1.29 is 8.83 Å². The van der Waals surface area contributed by atoms with Gasteiger partial charge in [-0.2, -0.15) is 0 Å². The second-order valence-electron chi connectivity index (χ2n) is 10.9. The van der Waals surface area contributed by atoms with Crippen molar-refractivity contribution >= 4 is 71.7 Å². The largest absolute Gasteiger partial charge is 0.455 e. The summed E-state index contributed by atoms with van der Waals surface area (Å²) in [6, 6.07) is 53.1. The molecule has 2 heterocycles. The molecular formula is C40H25NO2. The highest BCUT2D eigenvalue weighted by atomic mass is 16.3. The Bertz CT molecular complexity index is 2470. The van der Waals surface area contributed by atoms with Crippen LogP contribution in [0.2, 0.25) is 0 Å². The standard InChI is InChI=1S/C40H25NO2/c1-2-12-26(13-3-1)27-14-10-15-28(24-27)41(35-21-11-20-33-30-17-6-8-22-37(30)43-40(33)35)36-25-34-31-18-7-9-23-38(31)42-39(34)32-19-5-4-16-29(32)36/h1-25H. The van der Waals surface area contributed by atoms with Gasteiger partial charge in [-0.25, -0.2) is 0 Å². The normalized spacial score (nSPS) is 11.7. The van der Waals surface area contributed by atoms with Crippen LogP contribution in [0.25, 0.3) is 65.8 Å². The molecule has 202 valence electrons. The molecular weight excluding hydrogens is 526 g/mol. The fourth-order valence-corrected chi connectivity index (χ4v) is 6.48. The Kier molecular flexibility index (Phi) is 5.20. The van der Waals surface area contributed by atoms with Gasteiger partial charge in [-0.15, -0.1) is 0 Å². The Morgan fingerprint density at radius 1 is 0.349 bits per heavy atom. The number of hydrogen-bond donors (Lipinski definition) is 0. The van der Waals surface area contributed by atoms with Crippen molar-refractivity contribution in [2.75, 3.05) is 4.90 Å². The molecule has 3 nitrogen and oxygen atoms in total. The van der Waals surface area contributed by atoms with E-state index < -0.39 is 0 Å². The highest BCUT2D eigenvalue weighted by Gasteiger charge is 2.23. The van der Waals surface area contributed by atoms with E-state index in [1.807, 2.05) is 24.3 Å². The van der Waals surface area contributed by atoms with Gasteiger partial charge in [-0.05, 0) is 47.5 Å². The van der Waals surface area contributed by atoms with E-state index in [0.717, 1.165) is 77.3 Å². The molecule has 0 radical (unpaired) electrons. The lowest BCUT2D eigenvalue weighted by molar-refractivity contribution is 0.669. The number of furan rings is 2. The van der Waals surface area contributed by atoms with Gasteiger partial charge in [0.2, 0.25) is 0 Å². The zero-order valence-corrected chi connectivity index (χ0v) is 23.2. The quantitative estimate of drug-likeness (QED) is 0.218. The minimum absolute atomic E-state index is 0.857. The van der Waals surface area contributed by atoms with Gasteiger partial charge >= 0.3 is 0 Å². The number of para-hydroxylation sites is 3. The van der Waals surface area contributed by atoms with Crippen molar-refractivity contribution in [3.8, 4) is 11.1 Å². The first-order valence-corrected chi connectivity index (χ1v) is 14.5. The van der Waals surface area contributed by atoms with E-state index in [4.69, 9.17) is 8.83 Å². The molecule has 0 fully saturated rings. The Balaban J connectivity index is 1.40. The van der Waals surface area contributed by atoms with Crippen LogP contribution in [0.4, 0.5) is 17.1 Å². The topological polar surface area (TPSA) is 29.5 Å². The predicted octanol–water partition coefficient (Wildman–Crippen LogP) is 11.8. The number of hydrogen-bond acceptors (Lipinski definition) is 3. The predicted molar refractivity (Wildman–Crippen MR) is 179 cm³/mol. The molecule has 0 spiro atoms. The van der Waals surface area contributed by atoms with Crippen LogP contribution in [0.1, 0.15) is 0 Å². The van der Waals surface area contributed by atoms with Crippen molar-refractivity contribution in [3.05, 3.63) is 152 Å². The maximum atomic E-state index is 6.62. The van der Waals surface area contributed by atoms with Crippen molar-refractivity contribution in [2.45, 2.75) is 0 Å². The molecule has 0 unspecified atom stereocenters. The van der Waals surface area contributed by atoms with E-state index in [9.17, 15) is 0 Å². The summed E-state index contributed by atoms with van der Waals surface area (Å²) in [5.41, 5.74) is 8.94. The van der Waals surface area contributed by atoms with Gasteiger partial charge in [-0.3, -0.25) is 0 Å². The maximum absolute atomic E-state index is 6.62. The van der Waals surface area contributed by atoms with E-state index in [0.29, 0.717) is 0 Å². The third-order valence-electron chi connectivity index (χ3n) is 8.44. The number of anilines is 3. The van der Waals surface area contributed by atoms with Crippen molar-refractivity contribution in [2.24, 2.45) is 0 Å². The molecule has 9 aromatic rings. The molecule has 0 saturated heterocycles. The first-order valence-electron chi connectivity index (χ1n) is 14.5. The Labute approximate surface area is 247 Å². The van der Waals surface area contributed by atoms with E-state index in [1.54, 1.807) is 0 Å². The average molecular weight is 552 g/mol. The third kappa shape index (κ3) is 3.68. The lowest BCUT2D eigenvalue weighted by Gasteiger charge is -2.27. The van der Waals surface area contributed by atoms with Gasteiger partial charge in [0.25, 0.3) is 0 Å². The first-order chi connectivity index (χ1) is 21.3. The van der Waals surface area contributed by atoms with E-state index in [2.05, 4.69) is 132 Å².